The number of hydrogen-bond donors (Lipinski definition) is 2. The van der Waals surface area contributed by atoms with E-state index in [1.807, 2.05) is 6.07 Å². The van der Waals surface area contributed by atoms with E-state index in [0.717, 1.165) is 10.7 Å². The molecule has 3 aromatic rings. The molecule has 0 saturated carbocycles. The number of nitrogens with zero attached hydrogens (tertiary/aromatic N) is 4. The highest BCUT2D eigenvalue weighted by molar-refractivity contribution is 7.93. The number of aryl methyl sites for hydroxylation is 1. The van der Waals surface area contributed by atoms with Gasteiger partial charge in [0.15, 0.2) is 22.3 Å². The second kappa shape index (κ2) is 11.0. The summed E-state index contributed by atoms with van der Waals surface area (Å²) in [5, 5.41) is 18.7. The number of ether oxygens (including phenoxy) is 1. The van der Waals surface area contributed by atoms with E-state index in [1.165, 1.54) is 37.4 Å². The molecule has 2 amide bonds. The average molecular weight is 611 g/mol. The van der Waals surface area contributed by atoms with E-state index < -0.39 is 45.9 Å². The number of sulfone groups is 1. The Bertz CT molecular complexity index is 1670. The summed E-state index contributed by atoms with van der Waals surface area (Å²) in [7, 11) is -3.31. The molecule has 0 aliphatic carbocycles. The number of rotatable bonds is 8. The highest BCUT2D eigenvalue weighted by atomic mass is 35.5. The van der Waals surface area contributed by atoms with Crippen molar-refractivity contribution in [1.82, 2.24) is 20.1 Å². The van der Waals surface area contributed by atoms with E-state index in [-0.39, 0.29) is 44.9 Å². The van der Waals surface area contributed by atoms with E-state index in [1.54, 1.807) is 6.92 Å². The first-order chi connectivity index (χ1) is 19.2. The molecule has 0 spiro atoms. The summed E-state index contributed by atoms with van der Waals surface area (Å²) in [6.07, 6.45) is -3.02. The van der Waals surface area contributed by atoms with Crippen LogP contribution < -0.4 is 15.4 Å². The zero-order valence-electron chi connectivity index (χ0n) is 21.5. The lowest BCUT2D eigenvalue weighted by Gasteiger charge is -2.41. The van der Waals surface area contributed by atoms with Gasteiger partial charge in [-0.3, -0.25) is 9.59 Å². The van der Waals surface area contributed by atoms with Gasteiger partial charge in [-0.15, -0.1) is 5.10 Å². The van der Waals surface area contributed by atoms with Crippen LogP contribution in [0.15, 0.2) is 36.5 Å². The SMILES string of the molecule is CCC1(NC(=O)c2cc(C#N)cc(C)c2NC(=O)c2cc(OCC(F)(F)F)nn2-c2ncccc2Cl)CS(=O)(=O)C1. The Morgan fingerprint density at radius 2 is 1.95 bits per heavy atom. The predicted octanol–water partition coefficient (Wildman–Crippen LogP) is 3.60. The van der Waals surface area contributed by atoms with E-state index in [2.05, 4.69) is 20.7 Å². The third-order valence-corrected chi connectivity index (χ3v) is 8.52. The molecule has 1 saturated heterocycles. The topological polar surface area (TPSA) is 156 Å². The van der Waals surface area contributed by atoms with E-state index >= 15 is 0 Å². The maximum Gasteiger partial charge on any atom is 0.422 e. The first kappa shape index (κ1) is 29.8. The minimum atomic E-state index is -4.67. The molecule has 0 radical (unpaired) electrons. The van der Waals surface area contributed by atoms with Crippen LogP contribution in [0.5, 0.6) is 5.88 Å². The Morgan fingerprint density at radius 1 is 1.24 bits per heavy atom. The van der Waals surface area contributed by atoms with Gasteiger partial charge in [0.05, 0.1) is 45.0 Å². The Hall–Kier alpha value is -4.16. The Balaban J connectivity index is 1.72. The third kappa shape index (κ3) is 6.60. The average Bonchev–Trinajstić information content (AvgIpc) is 3.31. The van der Waals surface area contributed by atoms with Crippen molar-refractivity contribution in [2.75, 3.05) is 23.4 Å². The van der Waals surface area contributed by atoms with Crippen LogP contribution in [-0.2, 0) is 9.84 Å². The normalized spacial score (nSPS) is 15.3. The summed E-state index contributed by atoms with van der Waals surface area (Å²) in [6, 6.07) is 8.46. The van der Waals surface area contributed by atoms with Crippen molar-refractivity contribution in [3.8, 4) is 17.8 Å². The number of carbonyl (C=O) groups excluding carboxylic acids is 2. The highest BCUT2D eigenvalue weighted by Gasteiger charge is 2.48. The maximum atomic E-state index is 13.5. The van der Waals surface area contributed by atoms with Crippen LogP contribution in [0.1, 0.15) is 45.3 Å². The largest absolute Gasteiger partial charge is 0.467 e. The van der Waals surface area contributed by atoms with Crippen LogP contribution in [0.3, 0.4) is 0 Å². The number of carbonyl (C=O) groups is 2. The number of amides is 2. The molecule has 2 aromatic heterocycles. The number of hydrogen-bond acceptors (Lipinski definition) is 8. The lowest BCUT2D eigenvalue weighted by Crippen LogP contribution is -2.65. The van der Waals surface area contributed by atoms with Crippen LogP contribution in [-0.4, -0.2) is 64.8 Å². The van der Waals surface area contributed by atoms with E-state index in [9.17, 15) is 36.4 Å². The first-order valence-corrected chi connectivity index (χ1v) is 14.2. The van der Waals surface area contributed by atoms with Gasteiger partial charge in [-0.05, 0) is 43.2 Å². The smallest absolute Gasteiger partial charge is 0.422 e. The number of nitrogens with one attached hydrogen (secondary N) is 2. The van der Waals surface area contributed by atoms with Crippen LogP contribution in [0.25, 0.3) is 5.82 Å². The summed E-state index contributed by atoms with van der Waals surface area (Å²) >= 11 is 6.19. The molecule has 1 aromatic carbocycles. The molecular weight excluding hydrogens is 589 g/mol. The Morgan fingerprint density at radius 3 is 2.54 bits per heavy atom. The maximum absolute atomic E-state index is 13.5. The molecule has 0 bridgehead atoms. The lowest BCUT2D eigenvalue weighted by atomic mass is 9.97. The van der Waals surface area contributed by atoms with Crippen molar-refractivity contribution < 1.29 is 35.9 Å². The van der Waals surface area contributed by atoms with Crippen molar-refractivity contribution in [3.63, 3.8) is 0 Å². The van der Waals surface area contributed by atoms with Gasteiger partial charge in [0.1, 0.15) is 5.69 Å². The summed E-state index contributed by atoms with van der Waals surface area (Å²) in [5.74, 6) is -2.78. The van der Waals surface area contributed by atoms with Gasteiger partial charge in [-0.1, -0.05) is 18.5 Å². The number of pyridine rings is 1. The number of benzene rings is 1. The van der Waals surface area contributed by atoms with Crippen molar-refractivity contribution in [2.45, 2.75) is 32.0 Å². The number of aromatic nitrogens is 3. The molecule has 0 atom stereocenters. The fourth-order valence-corrected chi connectivity index (χ4v) is 6.64. The molecule has 41 heavy (non-hydrogen) atoms. The number of halogens is 4. The molecule has 16 heteroatoms. The van der Waals surface area contributed by atoms with E-state index in [0.29, 0.717) is 12.0 Å². The fraction of sp³-hybridized carbons (Fsp3) is 0.320. The molecule has 1 aliphatic rings. The zero-order valence-corrected chi connectivity index (χ0v) is 23.1. The van der Waals surface area contributed by atoms with Crippen LogP contribution in [0.2, 0.25) is 5.02 Å². The van der Waals surface area contributed by atoms with Crippen LogP contribution in [0, 0.1) is 18.3 Å². The molecule has 3 heterocycles. The third-order valence-electron chi connectivity index (χ3n) is 6.24. The van der Waals surface area contributed by atoms with Crippen molar-refractivity contribution >= 4 is 38.9 Å². The molecule has 2 N–H and O–H groups in total. The standard InChI is InChI=1S/C25H22ClF3N6O5S/c1-3-24(12-41(38,39)13-24)33-22(36)16-8-15(10-30)7-14(2)20(16)32-23(37)18-9-19(40-11-25(27,28)29)34-35(18)21-17(26)5-4-6-31-21/h4-9H,3,11-13H2,1-2H3,(H,32,37)(H,33,36). The molecule has 11 nitrogen and oxygen atoms in total. The summed E-state index contributed by atoms with van der Waals surface area (Å²) < 4.78 is 67.5. The van der Waals surface area contributed by atoms with Gasteiger partial charge in [0.25, 0.3) is 11.8 Å². The Labute approximate surface area is 237 Å². The molecule has 216 valence electrons. The van der Waals surface area contributed by atoms with Crippen molar-refractivity contribution in [2.24, 2.45) is 0 Å². The number of alkyl halides is 3. The lowest BCUT2D eigenvalue weighted by molar-refractivity contribution is -0.154. The molecular formula is C25H22ClF3N6O5S. The van der Waals surface area contributed by atoms with Gasteiger partial charge in [0.2, 0.25) is 5.88 Å². The fourth-order valence-electron chi connectivity index (χ4n) is 4.29. The van der Waals surface area contributed by atoms with Gasteiger partial charge < -0.3 is 15.4 Å². The number of anilines is 1. The predicted molar refractivity (Wildman–Crippen MR) is 141 cm³/mol. The van der Waals surface area contributed by atoms with Crippen LogP contribution in [0.4, 0.5) is 18.9 Å². The monoisotopic (exact) mass is 610 g/mol. The molecule has 4 rings (SSSR count). The second-order valence-corrected chi connectivity index (χ2v) is 11.9. The van der Waals surface area contributed by atoms with Gasteiger partial charge in [-0.2, -0.15) is 18.4 Å². The van der Waals surface area contributed by atoms with Crippen molar-refractivity contribution in [3.05, 3.63) is 63.9 Å². The molecule has 0 unspecified atom stereocenters. The Kier molecular flexibility index (Phi) is 8.01. The van der Waals surface area contributed by atoms with E-state index in [4.69, 9.17) is 16.3 Å². The first-order valence-electron chi connectivity index (χ1n) is 12.0. The van der Waals surface area contributed by atoms with Gasteiger partial charge in [-0.25, -0.2) is 18.1 Å². The summed E-state index contributed by atoms with van der Waals surface area (Å²) in [5.41, 5.74) is -1.06. The minimum Gasteiger partial charge on any atom is -0.467 e. The highest BCUT2D eigenvalue weighted by Crippen LogP contribution is 2.30. The zero-order chi connectivity index (χ0) is 30.2. The summed E-state index contributed by atoms with van der Waals surface area (Å²) in [6.45, 7) is 1.58. The molecule has 1 fully saturated rings. The second-order valence-electron chi connectivity index (χ2n) is 9.39. The molecule has 1 aliphatic heterocycles. The van der Waals surface area contributed by atoms with Crippen molar-refractivity contribution in [1.29, 1.82) is 5.26 Å². The quantitative estimate of drug-likeness (QED) is 0.392. The van der Waals surface area contributed by atoms with Gasteiger partial charge >= 0.3 is 6.18 Å². The summed E-state index contributed by atoms with van der Waals surface area (Å²) in [4.78, 5) is 30.9. The minimum absolute atomic E-state index is 0.0161. The van der Waals surface area contributed by atoms with Crippen LogP contribution >= 0.6 is 11.6 Å². The number of nitriles is 1. The van der Waals surface area contributed by atoms with Gasteiger partial charge in [0, 0.05) is 12.3 Å².